The number of likely N-dealkylation sites (tertiary alicyclic amines) is 1. The third kappa shape index (κ3) is 5.51. The van der Waals surface area contributed by atoms with Crippen molar-refractivity contribution in [1.82, 2.24) is 9.80 Å². The number of aliphatic hydroxyl groups excluding tert-OH is 1. The molecule has 2 fully saturated rings. The van der Waals surface area contributed by atoms with Crippen molar-refractivity contribution in [1.29, 1.82) is 0 Å². The van der Waals surface area contributed by atoms with Crippen molar-refractivity contribution in [2.75, 3.05) is 53.1 Å². The second kappa shape index (κ2) is 11.8. The Hall–Kier alpha value is -3.07. The van der Waals surface area contributed by atoms with E-state index in [-0.39, 0.29) is 11.3 Å². The Morgan fingerprint density at radius 2 is 1.81 bits per heavy atom. The average molecular weight is 515 g/mol. The maximum absolute atomic E-state index is 13.3. The molecule has 36 heavy (non-hydrogen) atoms. The normalized spacial score (nSPS) is 20.1. The maximum Gasteiger partial charge on any atom is 0.295 e. The molecule has 0 aromatic heterocycles. The Kier molecular flexibility index (Phi) is 8.51. The third-order valence-corrected chi connectivity index (χ3v) is 6.69. The second-order valence-corrected chi connectivity index (χ2v) is 9.09. The molecule has 0 saturated carbocycles. The summed E-state index contributed by atoms with van der Waals surface area (Å²) in [5.41, 5.74) is 1.10. The van der Waals surface area contributed by atoms with E-state index in [0.717, 1.165) is 19.6 Å². The fraction of sp³-hybridized carbons (Fsp3) is 0.407. The molecule has 8 nitrogen and oxygen atoms in total. The zero-order valence-electron chi connectivity index (χ0n) is 20.5. The number of hydrogen-bond acceptors (Lipinski definition) is 7. The molecule has 1 atom stereocenters. The van der Waals surface area contributed by atoms with Crippen molar-refractivity contribution < 1.29 is 28.9 Å². The maximum atomic E-state index is 13.3. The lowest BCUT2D eigenvalue weighted by atomic mass is 9.95. The fourth-order valence-electron chi connectivity index (χ4n) is 4.64. The van der Waals surface area contributed by atoms with Crippen LogP contribution in [0.25, 0.3) is 5.76 Å². The number of Topliss-reactive ketones (excluding diaryl/α,β-unsaturated/α-hetero) is 1. The Balaban J connectivity index is 1.71. The quantitative estimate of drug-likeness (QED) is 0.308. The molecule has 0 radical (unpaired) electrons. The number of ether oxygens (including phenoxy) is 3. The second-order valence-electron chi connectivity index (χ2n) is 8.65. The molecule has 1 N–H and O–H groups in total. The average Bonchev–Trinajstić information content (AvgIpc) is 3.15. The van der Waals surface area contributed by atoms with E-state index in [1.54, 1.807) is 47.4 Å². The number of ketones is 1. The summed E-state index contributed by atoms with van der Waals surface area (Å²) in [6.45, 7) is 6.55. The monoisotopic (exact) mass is 514 g/mol. The van der Waals surface area contributed by atoms with Gasteiger partial charge in [-0.1, -0.05) is 17.7 Å². The molecule has 2 aliphatic heterocycles. The van der Waals surface area contributed by atoms with Crippen LogP contribution in [-0.4, -0.2) is 79.7 Å². The van der Waals surface area contributed by atoms with Crippen LogP contribution in [0.1, 0.15) is 30.5 Å². The van der Waals surface area contributed by atoms with Crippen LogP contribution in [0.15, 0.2) is 48.0 Å². The zero-order chi connectivity index (χ0) is 25.7. The summed E-state index contributed by atoms with van der Waals surface area (Å²) in [6, 6.07) is 11.1. The van der Waals surface area contributed by atoms with E-state index in [0.29, 0.717) is 60.4 Å². The number of benzene rings is 2. The number of morpholine rings is 1. The third-order valence-electron chi connectivity index (χ3n) is 6.44. The lowest BCUT2D eigenvalue weighted by Crippen LogP contribution is -2.39. The molecule has 2 aromatic rings. The van der Waals surface area contributed by atoms with Crippen molar-refractivity contribution >= 4 is 29.1 Å². The zero-order valence-corrected chi connectivity index (χ0v) is 21.3. The van der Waals surface area contributed by atoms with Gasteiger partial charge in [-0.3, -0.25) is 14.5 Å². The predicted molar refractivity (Wildman–Crippen MR) is 137 cm³/mol. The highest BCUT2D eigenvalue weighted by Gasteiger charge is 2.46. The van der Waals surface area contributed by atoms with E-state index in [2.05, 4.69) is 4.90 Å². The molecular weight excluding hydrogens is 484 g/mol. The molecule has 9 heteroatoms. The predicted octanol–water partition coefficient (Wildman–Crippen LogP) is 3.89. The standard InChI is InChI=1S/C27H31ClN2O6/c1-3-36-21-10-7-19(17-22(21)34-2)24-23(25(31)18-5-8-20(28)9-6-18)26(32)27(33)30(24)12-4-11-29-13-15-35-16-14-29/h5-10,17,24,31H,3-4,11-16H2,1-2H3/b25-23+/t24-/m1/s1. The van der Waals surface area contributed by atoms with Crippen LogP contribution in [0.5, 0.6) is 11.5 Å². The topological polar surface area (TPSA) is 88.5 Å². The molecule has 2 saturated heterocycles. The Labute approximate surface area is 216 Å². The van der Waals surface area contributed by atoms with Crippen molar-refractivity contribution in [3.63, 3.8) is 0 Å². The minimum absolute atomic E-state index is 0.0416. The molecule has 0 unspecified atom stereocenters. The summed E-state index contributed by atoms with van der Waals surface area (Å²) < 4.78 is 16.6. The number of halogens is 1. The van der Waals surface area contributed by atoms with Crippen LogP contribution in [0.2, 0.25) is 5.02 Å². The molecule has 1 amide bonds. The number of hydrogen-bond donors (Lipinski definition) is 1. The van der Waals surface area contributed by atoms with Gasteiger partial charge in [0.05, 0.1) is 38.5 Å². The van der Waals surface area contributed by atoms with Gasteiger partial charge in [-0.2, -0.15) is 0 Å². The summed E-state index contributed by atoms with van der Waals surface area (Å²) in [7, 11) is 1.54. The summed E-state index contributed by atoms with van der Waals surface area (Å²) in [5, 5.41) is 11.7. The van der Waals surface area contributed by atoms with Gasteiger partial charge in [0.1, 0.15) is 5.76 Å². The Bertz CT molecular complexity index is 1130. The summed E-state index contributed by atoms with van der Waals surface area (Å²) in [4.78, 5) is 30.3. The van der Waals surface area contributed by atoms with E-state index >= 15 is 0 Å². The van der Waals surface area contributed by atoms with Gasteiger partial charge in [-0.25, -0.2) is 0 Å². The SMILES string of the molecule is CCOc1ccc([C@@H]2/C(=C(\O)c3ccc(Cl)cc3)C(=O)C(=O)N2CCCN2CCOCC2)cc1OC. The van der Waals surface area contributed by atoms with Crippen LogP contribution in [0, 0.1) is 0 Å². The summed E-state index contributed by atoms with van der Waals surface area (Å²) >= 11 is 6.01. The van der Waals surface area contributed by atoms with Gasteiger partial charge in [0.25, 0.3) is 11.7 Å². The minimum Gasteiger partial charge on any atom is -0.507 e. The number of nitrogens with zero attached hydrogens (tertiary/aromatic N) is 2. The molecule has 4 rings (SSSR count). The molecular formula is C27H31ClN2O6. The van der Waals surface area contributed by atoms with Crippen LogP contribution >= 0.6 is 11.6 Å². The number of methoxy groups -OCH3 is 1. The van der Waals surface area contributed by atoms with Gasteiger partial charge in [-0.15, -0.1) is 0 Å². The van der Waals surface area contributed by atoms with Gasteiger partial charge in [0.15, 0.2) is 11.5 Å². The van der Waals surface area contributed by atoms with Crippen LogP contribution in [-0.2, 0) is 14.3 Å². The first-order chi connectivity index (χ1) is 17.4. The number of carbonyl (C=O) groups excluding carboxylic acids is 2. The first kappa shape index (κ1) is 26.0. The van der Waals surface area contributed by atoms with E-state index in [1.165, 1.54) is 7.11 Å². The van der Waals surface area contributed by atoms with Gasteiger partial charge >= 0.3 is 0 Å². The number of amides is 1. The van der Waals surface area contributed by atoms with E-state index < -0.39 is 17.7 Å². The first-order valence-corrected chi connectivity index (χ1v) is 12.5. The van der Waals surface area contributed by atoms with E-state index in [1.807, 2.05) is 6.92 Å². The highest BCUT2D eigenvalue weighted by Crippen LogP contribution is 2.42. The number of carbonyl (C=O) groups is 2. The molecule has 2 heterocycles. The van der Waals surface area contributed by atoms with E-state index in [4.69, 9.17) is 25.8 Å². The number of aliphatic hydroxyl groups is 1. The lowest BCUT2D eigenvalue weighted by molar-refractivity contribution is -0.140. The summed E-state index contributed by atoms with van der Waals surface area (Å²) in [6.07, 6.45) is 0.679. The van der Waals surface area contributed by atoms with Crippen molar-refractivity contribution in [2.24, 2.45) is 0 Å². The highest BCUT2D eigenvalue weighted by atomic mass is 35.5. The minimum atomic E-state index is -0.769. The van der Waals surface area contributed by atoms with Crippen molar-refractivity contribution in [3.8, 4) is 11.5 Å². The highest BCUT2D eigenvalue weighted by molar-refractivity contribution is 6.46. The van der Waals surface area contributed by atoms with Crippen LogP contribution < -0.4 is 9.47 Å². The fourth-order valence-corrected chi connectivity index (χ4v) is 4.76. The molecule has 2 aliphatic rings. The molecule has 192 valence electrons. The van der Waals surface area contributed by atoms with E-state index in [9.17, 15) is 14.7 Å². The summed E-state index contributed by atoms with van der Waals surface area (Å²) in [5.74, 6) is -0.541. The first-order valence-electron chi connectivity index (χ1n) is 12.1. The van der Waals surface area contributed by atoms with Crippen molar-refractivity contribution in [3.05, 3.63) is 64.2 Å². The van der Waals surface area contributed by atoms with Crippen LogP contribution in [0.3, 0.4) is 0 Å². The van der Waals surface area contributed by atoms with Gasteiger partial charge in [0.2, 0.25) is 0 Å². The molecule has 0 bridgehead atoms. The molecule has 0 spiro atoms. The Morgan fingerprint density at radius 1 is 1.08 bits per heavy atom. The molecule has 2 aromatic carbocycles. The molecule has 0 aliphatic carbocycles. The van der Waals surface area contributed by atoms with Gasteiger partial charge < -0.3 is 24.2 Å². The van der Waals surface area contributed by atoms with Crippen LogP contribution in [0.4, 0.5) is 0 Å². The number of rotatable bonds is 9. The van der Waals surface area contributed by atoms with Gasteiger partial charge in [0, 0.05) is 36.8 Å². The Morgan fingerprint density at radius 3 is 2.47 bits per heavy atom. The van der Waals surface area contributed by atoms with Crippen molar-refractivity contribution in [2.45, 2.75) is 19.4 Å². The smallest absolute Gasteiger partial charge is 0.295 e. The lowest BCUT2D eigenvalue weighted by Gasteiger charge is -2.29. The van der Waals surface area contributed by atoms with Gasteiger partial charge in [-0.05, 0) is 55.3 Å². The largest absolute Gasteiger partial charge is 0.507 e.